The van der Waals surface area contributed by atoms with Crippen LogP contribution >= 0.6 is 0 Å². The number of rotatable bonds is 1. The van der Waals surface area contributed by atoms with E-state index in [0.29, 0.717) is 5.56 Å². The maximum absolute atomic E-state index is 12.6. The molecule has 0 bridgehead atoms. The Labute approximate surface area is 79.9 Å². The van der Waals surface area contributed by atoms with Crippen molar-refractivity contribution in [3.63, 3.8) is 0 Å². The zero-order chi connectivity index (χ0) is 10.1. The van der Waals surface area contributed by atoms with Crippen LogP contribution in [-0.2, 0) is 9.59 Å². The molecule has 1 aromatic carbocycles. The monoisotopic (exact) mass is 193 g/mol. The van der Waals surface area contributed by atoms with Crippen molar-refractivity contribution in [2.75, 3.05) is 0 Å². The predicted molar refractivity (Wildman–Crippen MR) is 46.9 cm³/mol. The number of hydrogen-bond acceptors (Lipinski definition) is 2. The van der Waals surface area contributed by atoms with Gasteiger partial charge in [-0.15, -0.1) is 0 Å². The maximum atomic E-state index is 12.6. The standard InChI is InChI=1S/C10H8FNO2/c11-7-3-1-6(2-4-7)8-5-9(13)12-10(8)14/h1-4,8H,5H2,(H,12,13,14). The van der Waals surface area contributed by atoms with Crippen LogP contribution in [0.3, 0.4) is 0 Å². The van der Waals surface area contributed by atoms with Gasteiger partial charge in [0, 0.05) is 6.42 Å². The third-order valence-electron chi connectivity index (χ3n) is 2.24. The molecule has 1 aliphatic rings. The van der Waals surface area contributed by atoms with E-state index in [1.807, 2.05) is 0 Å². The Morgan fingerprint density at radius 3 is 2.36 bits per heavy atom. The molecule has 1 aromatic rings. The van der Waals surface area contributed by atoms with Gasteiger partial charge in [0.05, 0.1) is 5.92 Å². The normalized spacial score (nSPS) is 21.1. The largest absolute Gasteiger partial charge is 0.296 e. The highest BCUT2D eigenvalue weighted by atomic mass is 19.1. The summed E-state index contributed by atoms with van der Waals surface area (Å²) >= 11 is 0. The van der Waals surface area contributed by atoms with Crippen LogP contribution in [0.5, 0.6) is 0 Å². The molecule has 72 valence electrons. The predicted octanol–water partition coefficient (Wildman–Crippen LogP) is 0.956. The van der Waals surface area contributed by atoms with E-state index in [9.17, 15) is 14.0 Å². The van der Waals surface area contributed by atoms with Gasteiger partial charge >= 0.3 is 0 Å². The molecule has 0 spiro atoms. The van der Waals surface area contributed by atoms with Crippen molar-refractivity contribution in [1.29, 1.82) is 0 Å². The van der Waals surface area contributed by atoms with Crippen LogP contribution in [0.25, 0.3) is 0 Å². The van der Waals surface area contributed by atoms with Gasteiger partial charge in [0.1, 0.15) is 5.82 Å². The molecule has 1 N–H and O–H groups in total. The highest BCUT2D eigenvalue weighted by Gasteiger charge is 2.31. The minimum absolute atomic E-state index is 0.157. The Morgan fingerprint density at radius 1 is 1.21 bits per heavy atom. The van der Waals surface area contributed by atoms with Crippen LogP contribution in [0, 0.1) is 5.82 Å². The van der Waals surface area contributed by atoms with Crippen molar-refractivity contribution in [2.45, 2.75) is 12.3 Å². The molecule has 2 amide bonds. The van der Waals surface area contributed by atoms with Gasteiger partial charge in [0.2, 0.25) is 11.8 Å². The van der Waals surface area contributed by atoms with Crippen LogP contribution in [-0.4, -0.2) is 11.8 Å². The lowest BCUT2D eigenvalue weighted by Gasteiger charge is -2.04. The Kier molecular flexibility index (Phi) is 2.04. The average Bonchev–Trinajstić information content (AvgIpc) is 2.47. The van der Waals surface area contributed by atoms with Crippen molar-refractivity contribution < 1.29 is 14.0 Å². The first-order chi connectivity index (χ1) is 6.66. The van der Waals surface area contributed by atoms with Gasteiger partial charge in [-0.3, -0.25) is 14.9 Å². The fourth-order valence-corrected chi connectivity index (χ4v) is 1.52. The molecule has 2 rings (SSSR count). The Bertz CT molecular complexity index is 386. The summed E-state index contributed by atoms with van der Waals surface area (Å²) in [5.74, 6) is -1.38. The van der Waals surface area contributed by atoms with Crippen molar-refractivity contribution >= 4 is 11.8 Å². The molecular formula is C10H8FNO2. The topological polar surface area (TPSA) is 46.2 Å². The molecule has 1 saturated heterocycles. The van der Waals surface area contributed by atoms with Gasteiger partial charge in [0.25, 0.3) is 0 Å². The molecule has 4 heteroatoms. The lowest BCUT2D eigenvalue weighted by Crippen LogP contribution is -2.21. The number of halogens is 1. The van der Waals surface area contributed by atoms with Crippen molar-refractivity contribution in [2.24, 2.45) is 0 Å². The summed E-state index contributed by atoms with van der Waals surface area (Å²) in [4.78, 5) is 22.1. The van der Waals surface area contributed by atoms with E-state index >= 15 is 0 Å². The summed E-state index contributed by atoms with van der Waals surface area (Å²) in [5.41, 5.74) is 0.676. The zero-order valence-corrected chi connectivity index (χ0v) is 7.29. The Balaban J connectivity index is 2.27. The molecule has 1 unspecified atom stereocenters. The summed E-state index contributed by atoms with van der Waals surface area (Å²) in [6.45, 7) is 0. The van der Waals surface area contributed by atoms with Crippen LogP contribution in [0.4, 0.5) is 4.39 Å². The molecule has 0 aliphatic carbocycles. The van der Waals surface area contributed by atoms with Crippen molar-refractivity contribution in [3.05, 3.63) is 35.6 Å². The molecule has 0 saturated carbocycles. The van der Waals surface area contributed by atoms with Gasteiger partial charge < -0.3 is 0 Å². The summed E-state index contributed by atoms with van der Waals surface area (Å²) in [6, 6.07) is 5.62. The molecule has 0 radical (unpaired) electrons. The van der Waals surface area contributed by atoms with Gasteiger partial charge in [-0.1, -0.05) is 12.1 Å². The molecule has 3 nitrogen and oxygen atoms in total. The SMILES string of the molecule is O=C1CC(c2ccc(F)cc2)C(=O)N1. The lowest BCUT2D eigenvalue weighted by molar-refractivity contribution is -0.125. The number of nitrogens with one attached hydrogen (secondary N) is 1. The summed E-state index contributed by atoms with van der Waals surface area (Å²) in [6.07, 6.45) is 0.157. The molecular weight excluding hydrogens is 185 g/mol. The zero-order valence-electron chi connectivity index (χ0n) is 7.29. The Hall–Kier alpha value is -1.71. The smallest absolute Gasteiger partial charge is 0.234 e. The number of carbonyl (C=O) groups excluding carboxylic acids is 2. The minimum atomic E-state index is -0.455. The third-order valence-corrected chi connectivity index (χ3v) is 2.24. The number of amides is 2. The Morgan fingerprint density at radius 2 is 1.86 bits per heavy atom. The number of benzene rings is 1. The molecule has 1 atom stereocenters. The van der Waals surface area contributed by atoms with Crippen LogP contribution in [0.2, 0.25) is 0 Å². The van der Waals surface area contributed by atoms with Crippen LogP contribution in [0.15, 0.2) is 24.3 Å². The second-order valence-corrected chi connectivity index (χ2v) is 3.22. The van der Waals surface area contributed by atoms with E-state index in [1.165, 1.54) is 24.3 Å². The van der Waals surface area contributed by atoms with E-state index in [0.717, 1.165) is 0 Å². The molecule has 1 heterocycles. The second-order valence-electron chi connectivity index (χ2n) is 3.22. The number of imide groups is 1. The second kappa shape index (κ2) is 3.21. The van der Waals surface area contributed by atoms with Crippen LogP contribution in [0.1, 0.15) is 17.9 Å². The van der Waals surface area contributed by atoms with E-state index in [1.54, 1.807) is 0 Å². The highest BCUT2D eigenvalue weighted by Crippen LogP contribution is 2.23. The lowest BCUT2D eigenvalue weighted by atomic mass is 9.98. The van der Waals surface area contributed by atoms with Gasteiger partial charge in [-0.2, -0.15) is 0 Å². The first kappa shape index (κ1) is 8.87. The van der Waals surface area contributed by atoms with Gasteiger partial charge in [0.15, 0.2) is 0 Å². The van der Waals surface area contributed by atoms with Crippen LogP contribution < -0.4 is 5.32 Å². The highest BCUT2D eigenvalue weighted by molar-refractivity contribution is 6.06. The first-order valence-corrected chi connectivity index (χ1v) is 4.26. The molecule has 14 heavy (non-hydrogen) atoms. The maximum Gasteiger partial charge on any atom is 0.234 e. The molecule has 0 aromatic heterocycles. The van der Waals surface area contributed by atoms with E-state index < -0.39 is 5.92 Å². The summed E-state index contributed by atoms with van der Waals surface area (Å²) in [7, 11) is 0. The first-order valence-electron chi connectivity index (χ1n) is 4.26. The molecule has 1 aliphatic heterocycles. The third kappa shape index (κ3) is 1.51. The minimum Gasteiger partial charge on any atom is -0.296 e. The van der Waals surface area contributed by atoms with Gasteiger partial charge in [-0.05, 0) is 17.7 Å². The summed E-state index contributed by atoms with van der Waals surface area (Å²) < 4.78 is 12.6. The summed E-state index contributed by atoms with van der Waals surface area (Å²) in [5, 5.41) is 2.21. The fourth-order valence-electron chi connectivity index (χ4n) is 1.52. The van der Waals surface area contributed by atoms with E-state index in [4.69, 9.17) is 0 Å². The van der Waals surface area contributed by atoms with E-state index in [-0.39, 0.29) is 24.1 Å². The van der Waals surface area contributed by atoms with Gasteiger partial charge in [-0.25, -0.2) is 4.39 Å². The molecule has 1 fully saturated rings. The van der Waals surface area contributed by atoms with E-state index in [2.05, 4.69) is 5.32 Å². The quantitative estimate of drug-likeness (QED) is 0.675. The fraction of sp³-hybridized carbons (Fsp3) is 0.200. The number of hydrogen-bond donors (Lipinski definition) is 1. The van der Waals surface area contributed by atoms with Crippen molar-refractivity contribution in [3.8, 4) is 0 Å². The average molecular weight is 193 g/mol. The van der Waals surface area contributed by atoms with Crippen molar-refractivity contribution in [1.82, 2.24) is 5.32 Å². The number of carbonyl (C=O) groups is 2.